The second kappa shape index (κ2) is 7.96. The maximum Gasteiger partial charge on any atom is 0.237 e. The molecule has 0 radical (unpaired) electrons. The first kappa shape index (κ1) is 17.2. The van der Waals surface area contributed by atoms with E-state index in [9.17, 15) is 0 Å². The zero-order valence-corrected chi connectivity index (χ0v) is 15.4. The van der Waals surface area contributed by atoms with Gasteiger partial charge in [0.15, 0.2) is 0 Å². The maximum atomic E-state index is 5.65. The van der Waals surface area contributed by atoms with Crippen LogP contribution >= 0.6 is 11.8 Å². The van der Waals surface area contributed by atoms with Crippen molar-refractivity contribution in [3.63, 3.8) is 0 Å². The van der Waals surface area contributed by atoms with Crippen LogP contribution in [0.25, 0.3) is 11.4 Å². The normalized spacial score (nSPS) is 17.0. The minimum Gasteiger partial charge on any atom is -0.376 e. The van der Waals surface area contributed by atoms with Gasteiger partial charge in [-0.1, -0.05) is 48.1 Å². The van der Waals surface area contributed by atoms with Gasteiger partial charge in [0.05, 0.1) is 18.4 Å². The van der Waals surface area contributed by atoms with Crippen LogP contribution in [0.3, 0.4) is 0 Å². The quantitative estimate of drug-likeness (QED) is 0.585. The average molecular weight is 372 g/mol. The number of ether oxygens (including phenoxy) is 1. The zero-order valence-electron chi connectivity index (χ0n) is 14.5. The minimum atomic E-state index is 0.193. The third kappa shape index (κ3) is 3.94. The number of hydrogen-bond acceptors (Lipinski definition) is 8. The molecule has 1 saturated heterocycles. The molecule has 3 heterocycles. The molecule has 2 aromatic heterocycles. The van der Waals surface area contributed by atoms with Crippen LogP contribution in [0.2, 0.25) is 0 Å². The minimum absolute atomic E-state index is 0.193. The van der Waals surface area contributed by atoms with Gasteiger partial charge in [0.25, 0.3) is 0 Å². The first-order chi connectivity index (χ1) is 12.8. The van der Waals surface area contributed by atoms with E-state index in [2.05, 4.69) is 44.7 Å². The molecule has 3 aromatic rings. The first-order valence-electron chi connectivity index (χ1n) is 8.74. The molecule has 4 rings (SSSR count). The summed E-state index contributed by atoms with van der Waals surface area (Å²) in [5, 5.41) is 16.7. The van der Waals surface area contributed by atoms with Gasteiger partial charge in [0.1, 0.15) is 0 Å². The highest BCUT2D eigenvalue weighted by atomic mass is 32.2. The summed E-state index contributed by atoms with van der Waals surface area (Å²) in [5.74, 6) is 1.67. The van der Waals surface area contributed by atoms with Gasteiger partial charge in [-0.25, -0.2) is 4.68 Å². The first-order valence-corrected chi connectivity index (χ1v) is 9.73. The van der Waals surface area contributed by atoms with Crippen molar-refractivity contribution in [3.05, 3.63) is 35.7 Å². The van der Waals surface area contributed by atoms with Crippen LogP contribution in [0.4, 0.5) is 0 Å². The summed E-state index contributed by atoms with van der Waals surface area (Å²) in [6.07, 6.45) is 3.35. The highest BCUT2D eigenvalue weighted by Crippen LogP contribution is 2.23. The average Bonchev–Trinajstić information content (AvgIpc) is 3.43. The van der Waals surface area contributed by atoms with Crippen LogP contribution in [0.15, 0.2) is 33.9 Å². The summed E-state index contributed by atoms with van der Waals surface area (Å²) in [4.78, 5) is 4.47. The maximum absolute atomic E-state index is 5.65. The lowest BCUT2D eigenvalue weighted by molar-refractivity contribution is 0.0912. The van der Waals surface area contributed by atoms with Crippen molar-refractivity contribution in [1.82, 2.24) is 30.3 Å². The molecule has 8 nitrogen and oxygen atoms in total. The van der Waals surface area contributed by atoms with E-state index in [1.807, 2.05) is 12.1 Å². The predicted octanol–water partition coefficient (Wildman–Crippen LogP) is 2.76. The second-order valence-electron chi connectivity index (χ2n) is 6.13. The fraction of sp³-hybridized carbons (Fsp3) is 0.471. The van der Waals surface area contributed by atoms with Gasteiger partial charge in [0, 0.05) is 12.2 Å². The lowest BCUT2D eigenvalue weighted by atomic mass is 10.1. The Morgan fingerprint density at radius 1 is 1.27 bits per heavy atom. The standard InChI is InChI=1S/C17H20N6O2S/c1-2-12-5-7-13(8-6-12)16-18-15(25-20-16)11-26-17-19-21-22-23(17)10-14-4-3-9-24-14/h5-8,14H,2-4,9-11H2,1H3. The molecule has 136 valence electrons. The second-order valence-corrected chi connectivity index (χ2v) is 7.07. The highest BCUT2D eigenvalue weighted by molar-refractivity contribution is 7.98. The van der Waals surface area contributed by atoms with Gasteiger partial charge in [0.2, 0.25) is 16.9 Å². The van der Waals surface area contributed by atoms with Crippen molar-refractivity contribution in [3.8, 4) is 11.4 Å². The van der Waals surface area contributed by atoms with E-state index in [1.54, 1.807) is 4.68 Å². The highest BCUT2D eigenvalue weighted by Gasteiger charge is 2.19. The molecule has 0 spiro atoms. The molecular formula is C17H20N6O2S. The molecule has 1 fully saturated rings. The Hall–Kier alpha value is -2.26. The topological polar surface area (TPSA) is 91.8 Å². The number of nitrogens with zero attached hydrogens (tertiary/aromatic N) is 6. The Balaban J connectivity index is 1.38. The van der Waals surface area contributed by atoms with E-state index >= 15 is 0 Å². The molecule has 0 aliphatic carbocycles. The molecule has 26 heavy (non-hydrogen) atoms. The number of tetrazole rings is 1. The molecule has 9 heteroatoms. The number of aryl methyl sites for hydroxylation is 1. The van der Waals surface area contributed by atoms with Gasteiger partial charge in [-0.3, -0.25) is 0 Å². The van der Waals surface area contributed by atoms with Crippen LogP contribution in [-0.2, 0) is 23.5 Å². The summed E-state index contributed by atoms with van der Waals surface area (Å²) in [7, 11) is 0. The smallest absolute Gasteiger partial charge is 0.237 e. The van der Waals surface area contributed by atoms with E-state index < -0.39 is 0 Å². The Morgan fingerprint density at radius 2 is 2.15 bits per heavy atom. The van der Waals surface area contributed by atoms with Crippen LogP contribution in [-0.4, -0.2) is 43.1 Å². The predicted molar refractivity (Wildman–Crippen MR) is 95.5 cm³/mol. The van der Waals surface area contributed by atoms with Crippen molar-refractivity contribution in [1.29, 1.82) is 0 Å². The van der Waals surface area contributed by atoms with Gasteiger partial charge in [-0.2, -0.15) is 4.98 Å². The molecule has 0 saturated carbocycles. The largest absolute Gasteiger partial charge is 0.376 e. The van der Waals surface area contributed by atoms with Crippen LogP contribution in [0.1, 0.15) is 31.2 Å². The van der Waals surface area contributed by atoms with Gasteiger partial charge < -0.3 is 9.26 Å². The third-order valence-electron chi connectivity index (χ3n) is 4.31. The van der Waals surface area contributed by atoms with Crippen LogP contribution < -0.4 is 0 Å². The summed E-state index contributed by atoms with van der Waals surface area (Å²) >= 11 is 1.48. The van der Waals surface area contributed by atoms with E-state index in [-0.39, 0.29) is 6.10 Å². The molecule has 0 N–H and O–H groups in total. The summed E-state index contributed by atoms with van der Waals surface area (Å²) in [6.45, 7) is 3.62. The van der Waals surface area contributed by atoms with Gasteiger partial charge >= 0.3 is 0 Å². The Bertz CT molecular complexity index is 841. The van der Waals surface area contributed by atoms with Crippen molar-refractivity contribution in [2.45, 2.75) is 49.7 Å². The van der Waals surface area contributed by atoms with Crippen LogP contribution in [0, 0.1) is 0 Å². The van der Waals surface area contributed by atoms with Gasteiger partial charge in [-0.05, 0) is 35.3 Å². The molecule has 0 amide bonds. The summed E-state index contributed by atoms with van der Waals surface area (Å²) in [5.41, 5.74) is 2.23. The van der Waals surface area contributed by atoms with Crippen molar-refractivity contribution < 1.29 is 9.26 Å². The Kier molecular flexibility index (Phi) is 5.26. The molecule has 1 aliphatic heterocycles. The van der Waals surface area contributed by atoms with Crippen LogP contribution in [0.5, 0.6) is 0 Å². The molecule has 1 atom stereocenters. The molecule has 1 aromatic carbocycles. The SMILES string of the molecule is CCc1ccc(-c2noc(CSc3nnnn3CC3CCCO3)n2)cc1. The third-order valence-corrected chi connectivity index (χ3v) is 5.25. The van der Waals surface area contributed by atoms with Crippen molar-refractivity contribution in [2.75, 3.05) is 6.61 Å². The van der Waals surface area contributed by atoms with Gasteiger partial charge in [-0.15, -0.1) is 5.10 Å². The fourth-order valence-electron chi connectivity index (χ4n) is 2.84. The Labute approximate surface area is 155 Å². The molecule has 1 unspecified atom stereocenters. The summed E-state index contributed by atoms with van der Waals surface area (Å²) < 4.78 is 12.8. The zero-order chi connectivity index (χ0) is 17.8. The fourth-order valence-corrected chi connectivity index (χ4v) is 3.57. The Morgan fingerprint density at radius 3 is 2.92 bits per heavy atom. The monoisotopic (exact) mass is 372 g/mol. The van der Waals surface area contributed by atoms with E-state index in [1.165, 1.54) is 17.3 Å². The number of benzene rings is 1. The molecule has 0 bridgehead atoms. The lowest BCUT2D eigenvalue weighted by Crippen LogP contribution is -2.16. The number of thioether (sulfide) groups is 1. The van der Waals surface area contributed by atoms with E-state index in [4.69, 9.17) is 9.26 Å². The number of rotatable bonds is 7. The summed E-state index contributed by atoms with van der Waals surface area (Å²) in [6, 6.07) is 8.20. The lowest BCUT2D eigenvalue weighted by Gasteiger charge is -2.09. The molecular weight excluding hydrogens is 352 g/mol. The van der Waals surface area contributed by atoms with Crippen molar-refractivity contribution >= 4 is 11.8 Å². The number of aromatic nitrogens is 6. The van der Waals surface area contributed by atoms with E-state index in [0.717, 1.165) is 36.6 Å². The molecule has 1 aliphatic rings. The van der Waals surface area contributed by atoms with E-state index in [0.29, 0.717) is 24.0 Å². The van der Waals surface area contributed by atoms with Crippen molar-refractivity contribution in [2.24, 2.45) is 0 Å². The number of hydrogen-bond donors (Lipinski definition) is 0.